The van der Waals surface area contributed by atoms with Gasteiger partial charge in [-0.2, -0.15) is 0 Å². The van der Waals surface area contributed by atoms with E-state index in [1.54, 1.807) is 13.8 Å². The van der Waals surface area contributed by atoms with Crippen molar-refractivity contribution in [2.75, 3.05) is 0 Å². The number of nitrogens with one attached hydrogen (secondary N) is 1. The Bertz CT molecular complexity index is 797. The summed E-state index contributed by atoms with van der Waals surface area (Å²) in [5.41, 5.74) is 2.01. The first-order valence-electron chi connectivity index (χ1n) is 9.94. The van der Waals surface area contributed by atoms with Gasteiger partial charge in [0, 0.05) is 17.5 Å². The summed E-state index contributed by atoms with van der Waals surface area (Å²) >= 11 is 0. The van der Waals surface area contributed by atoms with Crippen LogP contribution in [0.4, 0.5) is 0 Å². The molecule has 1 aliphatic rings. The molecule has 2 rings (SSSR count). The van der Waals surface area contributed by atoms with E-state index < -0.39 is 10.0 Å². The number of phenols is 2. The topological polar surface area (TPSA) is 86.6 Å². The van der Waals surface area contributed by atoms with Crippen LogP contribution in [0.2, 0.25) is 0 Å². The lowest BCUT2D eigenvalue weighted by atomic mass is 9.84. The molecule has 1 atom stereocenters. The number of rotatable bonds is 8. The molecular formula is C21H33NO4S. The van der Waals surface area contributed by atoms with Crippen LogP contribution < -0.4 is 4.72 Å². The van der Waals surface area contributed by atoms with Crippen LogP contribution in [0.15, 0.2) is 22.6 Å². The minimum atomic E-state index is -3.88. The third kappa shape index (κ3) is 5.26. The monoisotopic (exact) mass is 395 g/mol. The molecule has 1 aliphatic carbocycles. The van der Waals surface area contributed by atoms with E-state index in [4.69, 9.17) is 0 Å². The zero-order valence-corrected chi connectivity index (χ0v) is 17.7. The van der Waals surface area contributed by atoms with Gasteiger partial charge in [0.2, 0.25) is 10.0 Å². The van der Waals surface area contributed by atoms with Crippen molar-refractivity contribution >= 4 is 10.0 Å². The Morgan fingerprint density at radius 3 is 2.56 bits per heavy atom. The van der Waals surface area contributed by atoms with E-state index in [1.165, 1.54) is 11.6 Å². The number of phenolic OH excluding ortho intramolecular Hbond substituents is 2. The van der Waals surface area contributed by atoms with Crippen molar-refractivity contribution in [3.8, 4) is 11.5 Å². The highest BCUT2D eigenvalue weighted by atomic mass is 32.2. The fraction of sp³-hybridized carbons (Fsp3) is 0.619. The van der Waals surface area contributed by atoms with Gasteiger partial charge in [-0.3, -0.25) is 0 Å². The zero-order valence-electron chi connectivity index (χ0n) is 16.9. The first kappa shape index (κ1) is 21.8. The molecule has 0 radical (unpaired) electrons. The third-order valence-corrected chi connectivity index (χ3v) is 6.78. The Balaban J connectivity index is 2.61. The maximum absolute atomic E-state index is 13.0. The smallest absolute Gasteiger partial charge is 0.244 e. The summed E-state index contributed by atoms with van der Waals surface area (Å²) in [6, 6.07) is 1.25. The van der Waals surface area contributed by atoms with Gasteiger partial charge in [-0.1, -0.05) is 31.4 Å². The number of unbranched alkanes of at least 4 members (excludes halogenated alkanes) is 2. The number of hydrogen-bond donors (Lipinski definition) is 3. The summed E-state index contributed by atoms with van der Waals surface area (Å²) in [5.74, 6) is -0.486. The molecule has 1 aromatic rings. The highest BCUT2D eigenvalue weighted by molar-refractivity contribution is 7.89. The zero-order chi connectivity index (χ0) is 20.2. The Kier molecular flexibility index (Phi) is 7.34. The summed E-state index contributed by atoms with van der Waals surface area (Å²) in [6.45, 7) is 7.60. The highest BCUT2D eigenvalue weighted by Crippen LogP contribution is 2.45. The van der Waals surface area contributed by atoms with E-state index in [0.29, 0.717) is 17.5 Å². The van der Waals surface area contributed by atoms with Gasteiger partial charge in [0.15, 0.2) is 0 Å². The number of allylic oxidation sites excluding steroid dienone is 2. The van der Waals surface area contributed by atoms with E-state index in [2.05, 4.69) is 11.6 Å². The predicted molar refractivity (Wildman–Crippen MR) is 109 cm³/mol. The van der Waals surface area contributed by atoms with Crippen LogP contribution in [0.5, 0.6) is 11.5 Å². The standard InChI is InChI=1S/C21H33NO4S/c1-5-6-7-10-17-13-18(23)19(16-11-8-9-15(4)12-16)20(24)21(17)27(25,26)22-14(2)3/h12-14,16,22-24H,5-11H2,1-4H3. The molecule has 1 aromatic carbocycles. The molecular weight excluding hydrogens is 362 g/mol. The molecule has 0 saturated carbocycles. The molecule has 0 fully saturated rings. The second kappa shape index (κ2) is 9.11. The molecule has 0 amide bonds. The fourth-order valence-electron chi connectivity index (χ4n) is 3.83. The van der Waals surface area contributed by atoms with Crippen molar-refractivity contribution in [1.29, 1.82) is 0 Å². The number of hydrogen-bond acceptors (Lipinski definition) is 4. The van der Waals surface area contributed by atoms with Crippen molar-refractivity contribution in [3.05, 3.63) is 28.8 Å². The maximum Gasteiger partial charge on any atom is 0.244 e. The molecule has 1 unspecified atom stereocenters. The molecule has 0 aliphatic heterocycles. The van der Waals surface area contributed by atoms with Gasteiger partial charge in [0.25, 0.3) is 0 Å². The molecule has 0 spiro atoms. The van der Waals surface area contributed by atoms with Crippen molar-refractivity contribution in [1.82, 2.24) is 4.72 Å². The Labute approximate surface area is 163 Å². The third-order valence-electron chi connectivity index (χ3n) is 5.00. The van der Waals surface area contributed by atoms with Gasteiger partial charge in [-0.05, 0) is 64.5 Å². The lowest BCUT2D eigenvalue weighted by molar-refractivity contribution is 0.415. The fourth-order valence-corrected chi connectivity index (χ4v) is 5.44. The molecule has 27 heavy (non-hydrogen) atoms. The van der Waals surface area contributed by atoms with E-state index in [0.717, 1.165) is 38.5 Å². The van der Waals surface area contributed by atoms with Crippen molar-refractivity contribution in [2.45, 2.75) is 89.5 Å². The number of aryl methyl sites for hydroxylation is 1. The first-order valence-corrected chi connectivity index (χ1v) is 11.4. The lowest BCUT2D eigenvalue weighted by Gasteiger charge is -2.24. The number of aromatic hydroxyl groups is 2. The molecule has 0 bridgehead atoms. The molecule has 0 saturated heterocycles. The quantitative estimate of drug-likeness (QED) is 0.439. The summed E-state index contributed by atoms with van der Waals surface area (Å²) in [4.78, 5) is -0.0725. The van der Waals surface area contributed by atoms with E-state index >= 15 is 0 Å². The molecule has 0 heterocycles. The normalized spacial score (nSPS) is 18.0. The van der Waals surface area contributed by atoms with Crippen molar-refractivity contribution in [3.63, 3.8) is 0 Å². The van der Waals surface area contributed by atoms with Gasteiger partial charge >= 0.3 is 0 Å². The van der Waals surface area contributed by atoms with Gasteiger partial charge in [0.05, 0.1) is 0 Å². The summed E-state index contributed by atoms with van der Waals surface area (Å²) in [6.07, 6.45) is 8.04. The van der Waals surface area contributed by atoms with Crippen LogP contribution in [0.25, 0.3) is 0 Å². The van der Waals surface area contributed by atoms with Crippen LogP contribution in [-0.2, 0) is 16.4 Å². The minimum absolute atomic E-state index is 0.0153. The molecule has 5 nitrogen and oxygen atoms in total. The van der Waals surface area contributed by atoms with Crippen LogP contribution in [-0.4, -0.2) is 24.7 Å². The number of sulfonamides is 1. The van der Waals surface area contributed by atoms with Crippen LogP contribution in [0.1, 0.15) is 83.3 Å². The molecule has 6 heteroatoms. The molecule has 152 valence electrons. The Hall–Kier alpha value is -1.53. The van der Waals surface area contributed by atoms with Crippen LogP contribution >= 0.6 is 0 Å². The summed E-state index contributed by atoms with van der Waals surface area (Å²) in [7, 11) is -3.88. The summed E-state index contributed by atoms with van der Waals surface area (Å²) < 4.78 is 28.5. The van der Waals surface area contributed by atoms with E-state index in [1.807, 2.05) is 13.0 Å². The summed E-state index contributed by atoms with van der Waals surface area (Å²) in [5, 5.41) is 21.6. The Morgan fingerprint density at radius 1 is 1.26 bits per heavy atom. The second-order valence-electron chi connectivity index (χ2n) is 7.89. The second-order valence-corrected chi connectivity index (χ2v) is 9.54. The predicted octanol–water partition coefficient (Wildman–Crippen LogP) is 4.73. The van der Waals surface area contributed by atoms with Gasteiger partial charge in [-0.15, -0.1) is 0 Å². The van der Waals surface area contributed by atoms with E-state index in [9.17, 15) is 18.6 Å². The van der Waals surface area contributed by atoms with Gasteiger partial charge in [0.1, 0.15) is 16.4 Å². The molecule has 3 N–H and O–H groups in total. The maximum atomic E-state index is 13.0. The first-order chi connectivity index (χ1) is 12.7. The minimum Gasteiger partial charge on any atom is -0.507 e. The molecule has 0 aromatic heterocycles. The van der Waals surface area contributed by atoms with Crippen molar-refractivity contribution < 1.29 is 18.6 Å². The van der Waals surface area contributed by atoms with Crippen molar-refractivity contribution in [2.24, 2.45) is 0 Å². The lowest BCUT2D eigenvalue weighted by Crippen LogP contribution is -2.31. The van der Waals surface area contributed by atoms with E-state index in [-0.39, 0.29) is 28.4 Å². The average molecular weight is 396 g/mol. The van der Waals surface area contributed by atoms with Gasteiger partial charge < -0.3 is 10.2 Å². The average Bonchev–Trinajstić information content (AvgIpc) is 2.53. The van der Waals surface area contributed by atoms with Gasteiger partial charge in [-0.25, -0.2) is 13.1 Å². The highest BCUT2D eigenvalue weighted by Gasteiger charge is 2.30. The SMILES string of the molecule is CCCCCc1cc(O)c(C2C=C(C)CCC2)c(O)c1S(=O)(=O)NC(C)C. The van der Waals surface area contributed by atoms with Crippen LogP contribution in [0.3, 0.4) is 0 Å². The number of benzene rings is 1. The largest absolute Gasteiger partial charge is 0.507 e. The van der Waals surface area contributed by atoms with Crippen LogP contribution in [0, 0.1) is 0 Å². The Morgan fingerprint density at radius 2 is 1.96 bits per heavy atom.